The molecule has 0 saturated heterocycles. The van der Waals surface area contributed by atoms with Crippen molar-refractivity contribution in [2.24, 2.45) is 0 Å². The Morgan fingerprint density at radius 3 is 2.65 bits per heavy atom. The summed E-state index contributed by atoms with van der Waals surface area (Å²) in [7, 11) is 0. The summed E-state index contributed by atoms with van der Waals surface area (Å²) in [6, 6.07) is 16.2. The number of anilines is 1. The first-order valence-corrected chi connectivity index (χ1v) is 9.03. The molecule has 0 unspecified atom stereocenters. The van der Waals surface area contributed by atoms with Gasteiger partial charge in [0.1, 0.15) is 5.69 Å². The molecule has 2 aromatic rings. The van der Waals surface area contributed by atoms with Crippen molar-refractivity contribution < 1.29 is 14.6 Å². The first-order chi connectivity index (χ1) is 12.6. The second-order valence-electron chi connectivity index (χ2n) is 6.94. The van der Waals surface area contributed by atoms with Gasteiger partial charge in [0.15, 0.2) is 6.54 Å². The van der Waals surface area contributed by atoms with E-state index in [2.05, 4.69) is 4.58 Å². The number of amidine groups is 1. The molecule has 0 spiro atoms. The van der Waals surface area contributed by atoms with Gasteiger partial charge in [0.25, 0.3) is 17.2 Å². The number of hydrogen-bond acceptors (Lipinski definition) is 4. The summed E-state index contributed by atoms with van der Waals surface area (Å²) in [6.45, 7) is 1.31. The maximum atomic E-state index is 11.7. The largest absolute Gasteiger partial charge is 0.346 e. The normalized spacial score (nSPS) is 22.9. The van der Waals surface area contributed by atoms with E-state index in [9.17, 15) is 15.2 Å². The molecule has 0 radical (unpaired) electrons. The van der Waals surface area contributed by atoms with Crippen LogP contribution in [0, 0.1) is 10.1 Å². The molecule has 1 atom stereocenters. The van der Waals surface area contributed by atoms with Gasteiger partial charge in [-0.2, -0.15) is 4.90 Å². The smallest absolute Gasteiger partial charge is 0.275 e. The van der Waals surface area contributed by atoms with Crippen LogP contribution in [0.15, 0.2) is 54.6 Å². The Hall–Kier alpha value is -2.73. The van der Waals surface area contributed by atoms with Crippen LogP contribution in [0.2, 0.25) is 0 Å². The van der Waals surface area contributed by atoms with Crippen molar-refractivity contribution in [2.45, 2.75) is 31.4 Å². The molecule has 0 bridgehead atoms. The zero-order chi connectivity index (χ0) is 18.1. The molecule has 6 nitrogen and oxygen atoms in total. The first kappa shape index (κ1) is 16.7. The molecule has 0 saturated carbocycles. The molecule has 2 aromatic carbocycles. The standard InChI is InChI=1S/C20H22N3O3/c24-20(16-8-7-11-18(14-16)23(25)26)15-21-13-6-2-5-12-19(21)22(20)17-9-3-1-4-10-17/h1,3-4,7-11,14,24H,2,5-6,12-13,15H2/q+1/t20-/m1/s1. The number of nitrogens with zero attached hydrogens (tertiary/aromatic N) is 3. The highest BCUT2D eigenvalue weighted by molar-refractivity contribution is 5.97. The fraction of sp³-hybridized carbons (Fsp3) is 0.350. The molecule has 1 N–H and O–H groups in total. The highest BCUT2D eigenvalue weighted by Crippen LogP contribution is 2.38. The highest BCUT2D eigenvalue weighted by atomic mass is 16.6. The van der Waals surface area contributed by atoms with Crippen LogP contribution in [0.3, 0.4) is 0 Å². The molecule has 2 aliphatic heterocycles. The minimum Gasteiger partial charge on any atom is -0.346 e. The third kappa shape index (κ3) is 2.76. The molecule has 134 valence electrons. The van der Waals surface area contributed by atoms with E-state index in [4.69, 9.17) is 0 Å². The number of nitro groups is 1. The Bertz CT molecular complexity index is 866. The molecule has 0 aliphatic carbocycles. The number of nitro benzene ring substituents is 1. The molecular formula is C20H22N3O3+. The van der Waals surface area contributed by atoms with E-state index in [1.54, 1.807) is 12.1 Å². The number of hydrogen-bond donors (Lipinski definition) is 1. The molecular weight excluding hydrogens is 330 g/mol. The number of aliphatic hydroxyl groups is 1. The third-order valence-electron chi connectivity index (χ3n) is 5.27. The van der Waals surface area contributed by atoms with Crippen molar-refractivity contribution in [1.29, 1.82) is 0 Å². The maximum Gasteiger partial charge on any atom is 0.275 e. The Morgan fingerprint density at radius 1 is 1.08 bits per heavy atom. The molecule has 26 heavy (non-hydrogen) atoms. The SMILES string of the molecule is O=[N+]([O-])c1cccc([C@]2(O)C[N+]3=C(CCCCC3)N2c2ccccc2)c1. The van der Waals surface area contributed by atoms with Gasteiger partial charge in [0.05, 0.1) is 11.5 Å². The molecule has 0 amide bonds. The number of rotatable bonds is 3. The van der Waals surface area contributed by atoms with E-state index in [0.29, 0.717) is 12.1 Å². The Kier molecular flexibility index (Phi) is 4.20. The number of non-ortho nitro benzene ring substituents is 1. The lowest BCUT2D eigenvalue weighted by Crippen LogP contribution is -2.47. The summed E-state index contributed by atoms with van der Waals surface area (Å²) >= 11 is 0. The van der Waals surface area contributed by atoms with E-state index in [1.165, 1.54) is 18.6 Å². The number of para-hydroxylation sites is 1. The molecule has 0 aromatic heterocycles. The molecule has 4 rings (SSSR count). The van der Waals surface area contributed by atoms with Crippen molar-refractivity contribution >= 4 is 17.2 Å². The van der Waals surface area contributed by atoms with Crippen LogP contribution >= 0.6 is 0 Å². The van der Waals surface area contributed by atoms with Crippen LogP contribution in [0.1, 0.15) is 31.2 Å². The lowest BCUT2D eigenvalue weighted by Gasteiger charge is -2.29. The summed E-state index contributed by atoms with van der Waals surface area (Å²) in [6.07, 6.45) is 4.25. The summed E-state index contributed by atoms with van der Waals surface area (Å²) in [5, 5.41) is 23.0. The summed E-state index contributed by atoms with van der Waals surface area (Å²) in [5.41, 5.74) is 0.133. The van der Waals surface area contributed by atoms with E-state index >= 15 is 0 Å². The van der Waals surface area contributed by atoms with Crippen LogP contribution in [0.25, 0.3) is 0 Å². The van der Waals surface area contributed by atoms with Crippen LogP contribution in [-0.4, -0.2) is 33.5 Å². The predicted octanol–water partition coefficient (Wildman–Crippen LogP) is 3.25. The van der Waals surface area contributed by atoms with E-state index < -0.39 is 10.6 Å². The molecule has 2 heterocycles. The Balaban J connectivity index is 1.84. The van der Waals surface area contributed by atoms with Gasteiger partial charge in [-0.3, -0.25) is 14.7 Å². The highest BCUT2D eigenvalue weighted by Gasteiger charge is 2.54. The predicted molar refractivity (Wildman–Crippen MR) is 99.4 cm³/mol. The average Bonchev–Trinajstić information content (AvgIpc) is 2.79. The second kappa shape index (κ2) is 6.53. The minimum absolute atomic E-state index is 0.00368. The lowest BCUT2D eigenvalue weighted by molar-refractivity contribution is -0.534. The lowest BCUT2D eigenvalue weighted by atomic mass is 9.99. The quantitative estimate of drug-likeness (QED) is 0.523. The van der Waals surface area contributed by atoms with Gasteiger partial charge >= 0.3 is 0 Å². The second-order valence-corrected chi connectivity index (χ2v) is 6.94. The molecule has 0 fully saturated rings. The van der Waals surface area contributed by atoms with Crippen LogP contribution in [-0.2, 0) is 5.72 Å². The summed E-state index contributed by atoms with van der Waals surface area (Å²) < 4.78 is 2.23. The Labute approximate surface area is 152 Å². The van der Waals surface area contributed by atoms with Crippen molar-refractivity contribution in [3.8, 4) is 0 Å². The summed E-state index contributed by atoms with van der Waals surface area (Å²) in [5.74, 6) is 1.10. The van der Waals surface area contributed by atoms with Gasteiger partial charge in [0, 0.05) is 24.1 Å². The van der Waals surface area contributed by atoms with Crippen LogP contribution in [0.5, 0.6) is 0 Å². The zero-order valence-electron chi connectivity index (χ0n) is 14.5. The van der Waals surface area contributed by atoms with Crippen molar-refractivity contribution in [2.75, 3.05) is 18.0 Å². The number of benzene rings is 2. The van der Waals surface area contributed by atoms with Gasteiger partial charge in [-0.05, 0) is 31.4 Å². The average molecular weight is 352 g/mol. The van der Waals surface area contributed by atoms with E-state index in [-0.39, 0.29) is 5.69 Å². The van der Waals surface area contributed by atoms with Crippen LogP contribution < -0.4 is 4.90 Å². The Morgan fingerprint density at radius 2 is 1.88 bits per heavy atom. The van der Waals surface area contributed by atoms with Gasteiger partial charge in [0.2, 0.25) is 0 Å². The van der Waals surface area contributed by atoms with Crippen LogP contribution in [0.4, 0.5) is 11.4 Å². The van der Waals surface area contributed by atoms with Gasteiger partial charge < -0.3 is 5.11 Å². The molecule has 6 heteroatoms. The van der Waals surface area contributed by atoms with Crippen molar-refractivity contribution in [3.05, 3.63) is 70.3 Å². The minimum atomic E-state index is -1.32. The van der Waals surface area contributed by atoms with Crippen molar-refractivity contribution in [3.63, 3.8) is 0 Å². The maximum absolute atomic E-state index is 11.7. The van der Waals surface area contributed by atoms with E-state index in [0.717, 1.165) is 37.3 Å². The molecule has 2 aliphatic rings. The van der Waals surface area contributed by atoms with E-state index in [1.807, 2.05) is 35.2 Å². The third-order valence-corrected chi connectivity index (χ3v) is 5.27. The summed E-state index contributed by atoms with van der Waals surface area (Å²) in [4.78, 5) is 12.8. The fourth-order valence-electron chi connectivity index (χ4n) is 4.05. The monoisotopic (exact) mass is 352 g/mol. The van der Waals surface area contributed by atoms with Gasteiger partial charge in [-0.15, -0.1) is 0 Å². The topological polar surface area (TPSA) is 69.6 Å². The van der Waals surface area contributed by atoms with Crippen molar-refractivity contribution in [1.82, 2.24) is 0 Å². The fourth-order valence-corrected chi connectivity index (χ4v) is 4.05. The zero-order valence-corrected chi connectivity index (χ0v) is 14.5. The first-order valence-electron chi connectivity index (χ1n) is 9.03. The van der Waals surface area contributed by atoms with Gasteiger partial charge in [-0.1, -0.05) is 30.3 Å². The van der Waals surface area contributed by atoms with Gasteiger partial charge in [-0.25, -0.2) is 0 Å².